The van der Waals surface area contributed by atoms with Crippen LogP contribution in [-0.4, -0.2) is 71.5 Å². The standard InChI is InChI=1S/C20H27BrClN7O4S/c1-6-10(28-18(30)14-13(22)12(21)8(2)26-14)11(33-5)7-25-20-29-15(16(34-20)19(31)32)17(24-4)27-9(3)23/h9,11,26H,6-7,23H2,1-5H3,(H,24,27)(H,25,29)(H,31,32). The highest BCUT2D eigenvalue weighted by Crippen LogP contribution is 2.30. The number of nitrogens with one attached hydrogen (secondary N) is 3. The zero-order chi connectivity index (χ0) is 25.6. The highest BCUT2D eigenvalue weighted by Gasteiger charge is 2.24. The molecule has 0 aliphatic rings. The Bertz CT molecular complexity index is 1110. The predicted molar refractivity (Wildman–Crippen MR) is 138 cm³/mol. The minimum Gasteiger partial charge on any atom is -0.477 e. The van der Waals surface area contributed by atoms with Gasteiger partial charge in [0, 0.05) is 26.4 Å². The van der Waals surface area contributed by atoms with E-state index in [9.17, 15) is 14.7 Å². The molecule has 2 aromatic heterocycles. The number of hydrogen-bond acceptors (Lipinski definition) is 8. The fourth-order valence-corrected chi connectivity index (χ4v) is 4.34. The van der Waals surface area contributed by atoms with Crippen LogP contribution < -0.4 is 16.4 Å². The maximum atomic E-state index is 12.7. The number of hydrogen-bond donors (Lipinski definition) is 5. The number of thiazole rings is 1. The molecule has 14 heteroatoms. The third-order valence-corrected chi connectivity index (χ3v) is 7.20. The first-order valence-electron chi connectivity index (χ1n) is 10.2. The van der Waals surface area contributed by atoms with Crippen molar-refractivity contribution in [3.05, 3.63) is 31.5 Å². The fraction of sp³-hybridized carbons (Fsp3) is 0.450. The number of aryl methyl sites for hydroxylation is 1. The number of methoxy groups -OCH3 is 1. The van der Waals surface area contributed by atoms with Crippen LogP contribution >= 0.6 is 38.9 Å². The van der Waals surface area contributed by atoms with Crippen LogP contribution in [0.1, 0.15) is 51.8 Å². The van der Waals surface area contributed by atoms with E-state index in [1.54, 1.807) is 13.8 Å². The molecule has 0 fully saturated rings. The molecule has 1 amide bonds. The van der Waals surface area contributed by atoms with Crippen molar-refractivity contribution in [2.45, 2.75) is 39.5 Å². The summed E-state index contributed by atoms with van der Waals surface area (Å²) < 4.78 is 6.15. The number of anilines is 1. The van der Waals surface area contributed by atoms with Crippen molar-refractivity contribution in [2.75, 3.05) is 26.0 Å². The molecule has 0 aliphatic heterocycles. The molecule has 0 saturated heterocycles. The first-order chi connectivity index (χ1) is 16.0. The molecule has 0 saturated carbocycles. The number of carboxylic acids is 1. The van der Waals surface area contributed by atoms with E-state index in [0.717, 1.165) is 11.3 Å². The lowest BCUT2D eigenvalue weighted by atomic mass is 10.1. The molecule has 2 aromatic rings. The summed E-state index contributed by atoms with van der Waals surface area (Å²) >= 11 is 10.5. The van der Waals surface area contributed by atoms with Gasteiger partial charge >= 0.3 is 5.97 Å². The lowest BCUT2D eigenvalue weighted by Crippen LogP contribution is -2.40. The number of carbonyl (C=O) groups is 2. The van der Waals surface area contributed by atoms with Gasteiger partial charge in [-0.15, -0.1) is 0 Å². The molecule has 0 aromatic carbocycles. The molecule has 6 N–H and O–H groups in total. The summed E-state index contributed by atoms with van der Waals surface area (Å²) in [4.78, 5) is 40.0. The molecule has 2 rings (SSSR count). The summed E-state index contributed by atoms with van der Waals surface area (Å²) in [5.41, 5.74) is 7.32. The smallest absolute Gasteiger partial charge is 0.348 e. The van der Waals surface area contributed by atoms with E-state index in [4.69, 9.17) is 22.1 Å². The third-order valence-electron chi connectivity index (χ3n) is 4.60. The van der Waals surface area contributed by atoms with Crippen molar-refractivity contribution < 1.29 is 19.4 Å². The van der Waals surface area contributed by atoms with Crippen LogP contribution in [0.15, 0.2) is 14.5 Å². The molecule has 2 unspecified atom stereocenters. The van der Waals surface area contributed by atoms with Crippen LogP contribution in [0.25, 0.3) is 0 Å². The average molecular weight is 577 g/mol. The number of halogens is 2. The first-order valence-corrected chi connectivity index (χ1v) is 12.2. The number of amidine groups is 1. The number of carboxylic acid groups (broad SMARTS) is 1. The number of H-pyrrole nitrogens is 1. The second kappa shape index (κ2) is 12.4. The van der Waals surface area contributed by atoms with E-state index in [2.05, 4.69) is 46.5 Å². The van der Waals surface area contributed by atoms with E-state index in [1.807, 2.05) is 6.92 Å². The number of aliphatic imine (C=N–C) groups is 2. The van der Waals surface area contributed by atoms with E-state index >= 15 is 0 Å². The minimum atomic E-state index is -1.14. The molecule has 0 bridgehead atoms. The van der Waals surface area contributed by atoms with E-state index < -0.39 is 24.1 Å². The van der Waals surface area contributed by atoms with Gasteiger partial charge in [-0.05, 0) is 36.2 Å². The average Bonchev–Trinajstić information content (AvgIpc) is 3.33. The number of carbonyl (C=O) groups excluding carboxylic acids is 1. The number of nitrogens with two attached hydrogens (primary N) is 1. The first kappa shape index (κ1) is 27.9. The Morgan fingerprint density at radius 2 is 2.12 bits per heavy atom. The Labute approximate surface area is 214 Å². The van der Waals surface area contributed by atoms with E-state index in [1.165, 1.54) is 14.2 Å². The number of ether oxygens (including phenoxy) is 1. The maximum absolute atomic E-state index is 12.7. The summed E-state index contributed by atoms with van der Waals surface area (Å²) in [7, 11) is 3.01. The fourth-order valence-electron chi connectivity index (χ4n) is 2.96. The van der Waals surface area contributed by atoms with Crippen molar-refractivity contribution in [3.63, 3.8) is 0 Å². The number of aromatic carboxylic acids is 1. The lowest BCUT2D eigenvalue weighted by Gasteiger charge is -2.17. The van der Waals surface area contributed by atoms with Crippen molar-refractivity contribution in [1.29, 1.82) is 0 Å². The summed E-state index contributed by atoms with van der Waals surface area (Å²) in [6.45, 7) is 5.53. The second-order valence-corrected chi connectivity index (χ2v) is 9.30. The van der Waals surface area contributed by atoms with Gasteiger partial charge in [0.05, 0.1) is 21.4 Å². The van der Waals surface area contributed by atoms with Crippen molar-refractivity contribution in [3.8, 4) is 0 Å². The van der Waals surface area contributed by atoms with Crippen LogP contribution in [0.2, 0.25) is 5.02 Å². The van der Waals surface area contributed by atoms with Crippen molar-refractivity contribution in [1.82, 2.24) is 15.3 Å². The normalized spacial score (nSPS) is 14.1. The van der Waals surface area contributed by atoms with Crippen LogP contribution in [0.4, 0.5) is 5.13 Å². The molecule has 0 spiro atoms. The molecule has 2 heterocycles. The summed E-state index contributed by atoms with van der Waals surface area (Å²) in [5, 5.41) is 16.2. The predicted octanol–water partition coefficient (Wildman–Crippen LogP) is 3.28. The number of amides is 1. The minimum absolute atomic E-state index is 0.00658. The summed E-state index contributed by atoms with van der Waals surface area (Å²) in [5.74, 6) is -1.39. The zero-order valence-corrected chi connectivity index (χ0v) is 22.5. The summed E-state index contributed by atoms with van der Waals surface area (Å²) in [6, 6.07) is 0. The number of aromatic nitrogens is 2. The lowest BCUT2D eigenvalue weighted by molar-refractivity contribution is 0.0701. The van der Waals surface area contributed by atoms with Gasteiger partial charge in [-0.1, -0.05) is 29.9 Å². The molecular weight excluding hydrogens is 550 g/mol. The molecule has 11 nitrogen and oxygen atoms in total. The van der Waals surface area contributed by atoms with Gasteiger partial charge in [0.2, 0.25) is 0 Å². The Balaban J connectivity index is 2.25. The second-order valence-electron chi connectivity index (χ2n) is 7.13. The highest BCUT2D eigenvalue weighted by molar-refractivity contribution is 9.10. The SMILES string of the molecule is CCC(=NC(=O)c1[nH]c(C)c(Br)c1Cl)C(CNc1nc(C(=NC)NC(C)N)c(C(=O)O)s1)OC. The van der Waals surface area contributed by atoms with Crippen LogP contribution in [-0.2, 0) is 4.74 Å². The van der Waals surface area contributed by atoms with Crippen LogP contribution in [0.3, 0.4) is 0 Å². The van der Waals surface area contributed by atoms with Gasteiger partial charge in [-0.25, -0.2) is 14.8 Å². The third kappa shape index (κ3) is 6.63. The van der Waals surface area contributed by atoms with Crippen molar-refractivity contribution in [2.24, 2.45) is 15.7 Å². The topological polar surface area (TPSA) is 167 Å². The Morgan fingerprint density at radius 1 is 1.44 bits per heavy atom. The number of nitrogens with zero attached hydrogens (tertiary/aromatic N) is 3. The Kier molecular flexibility index (Phi) is 10.2. The molecular formula is C20H27BrClN7O4S. The van der Waals surface area contributed by atoms with Gasteiger partial charge in [0.1, 0.15) is 28.2 Å². The molecule has 34 heavy (non-hydrogen) atoms. The van der Waals surface area contributed by atoms with Crippen molar-refractivity contribution >= 4 is 67.4 Å². The Hall–Kier alpha value is -2.32. The Morgan fingerprint density at radius 3 is 2.59 bits per heavy atom. The quantitative estimate of drug-likeness (QED) is 0.163. The summed E-state index contributed by atoms with van der Waals surface area (Å²) in [6.07, 6.45) is -0.581. The van der Waals surface area contributed by atoms with E-state index in [-0.39, 0.29) is 33.7 Å². The largest absolute Gasteiger partial charge is 0.477 e. The van der Waals surface area contributed by atoms with Gasteiger partial charge in [-0.3, -0.25) is 9.79 Å². The van der Waals surface area contributed by atoms with Gasteiger partial charge < -0.3 is 31.2 Å². The van der Waals surface area contributed by atoms with E-state index in [0.29, 0.717) is 27.4 Å². The molecule has 186 valence electrons. The van der Waals surface area contributed by atoms with Crippen LogP contribution in [0, 0.1) is 6.92 Å². The highest BCUT2D eigenvalue weighted by atomic mass is 79.9. The van der Waals surface area contributed by atoms with Gasteiger partial charge in [0.15, 0.2) is 5.13 Å². The maximum Gasteiger partial charge on any atom is 0.348 e. The molecule has 0 aliphatic carbocycles. The number of aromatic amines is 1. The van der Waals surface area contributed by atoms with Crippen LogP contribution in [0.5, 0.6) is 0 Å². The molecule has 0 radical (unpaired) electrons. The monoisotopic (exact) mass is 575 g/mol. The van der Waals surface area contributed by atoms with Gasteiger partial charge in [-0.2, -0.15) is 0 Å². The zero-order valence-electron chi connectivity index (χ0n) is 19.3. The molecule has 2 atom stereocenters. The van der Waals surface area contributed by atoms with Gasteiger partial charge in [0.25, 0.3) is 5.91 Å². The number of rotatable bonds is 10.